The molecular weight excluding hydrogens is 210 g/mol. The van der Waals surface area contributed by atoms with Gasteiger partial charge >= 0.3 is 5.97 Å². The van der Waals surface area contributed by atoms with Gasteiger partial charge in [-0.05, 0) is 33.1 Å². The average molecular weight is 229 g/mol. The van der Waals surface area contributed by atoms with Crippen LogP contribution in [0.15, 0.2) is 0 Å². The van der Waals surface area contributed by atoms with Crippen molar-refractivity contribution in [2.75, 3.05) is 0 Å². The molecule has 0 aromatic rings. The minimum atomic E-state index is -1.01. The Bertz CT molecular complexity index is 268. The third-order valence-corrected chi connectivity index (χ3v) is 2.33. The van der Waals surface area contributed by atoms with Crippen LogP contribution in [0.5, 0.6) is 0 Å². The first-order chi connectivity index (χ1) is 7.33. The Morgan fingerprint density at radius 3 is 2.44 bits per heavy atom. The Hall–Kier alpha value is -1.10. The van der Waals surface area contributed by atoms with E-state index in [0.29, 0.717) is 18.7 Å². The molecule has 1 aliphatic carbocycles. The monoisotopic (exact) mass is 229 g/mol. The fraction of sp³-hybridized carbons (Fsp3) is 0.818. The molecule has 0 aromatic heterocycles. The maximum atomic E-state index is 11.1. The van der Waals surface area contributed by atoms with Crippen molar-refractivity contribution < 1.29 is 19.5 Å². The van der Waals surface area contributed by atoms with Gasteiger partial charge in [-0.1, -0.05) is 12.8 Å². The highest BCUT2D eigenvalue weighted by Gasteiger charge is 2.35. The smallest absolute Gasteiger partial charge is 0.329 e. The maximum Gasteiger partial charge on any atom is 0.329 e. The number of hydroxylamine groups is 2. The summed E-state index contributed by atoms with van der Waals surface area (Å²) in [5.41, 5.74) is -0.571. The molecule has 0 aliphatic heterocycles. The minimum absolute atomic E-state index is 0.423. The van der Waals surface area contributed by atoms with Gasteiger partial charge in [0.05, 0.1) is 5.60 Å². The zero-order valence-electron chi connectivity index (χ0n) is 9.97. The van der Waals surface area contributed by atoms with Gasteiger partial charge in [0.1, 0.15) is 0 Å². The van der Waals surface area contributed by atoms with Crippen molar-refractivity contribution in [1.29, 1.82) is 0 Å². The van der Waals surface area contributed by atoms with Gasteiger partial charge in [-0.15, -0.1) is 0 Å². The Morgan fingerprint density at radius 2 is 2.12 bits per heavy atom. The highest BCUT2D eigenvalue weighted by Crippen LogP contribution is 2.35. The molecule has 0 heterocycles. The van der Waals surface area contributed by atoms with Gasteiger partial charge in [-0.25, -0.2) is 9.86 Å². The number of rotatable bonds is 6. The summed E-state index contributed by atoms with van der Waals surface area (Å²) < 4.78 is 0. The molecule has 16 heavy (non-hydrogen) atoms. The number of hydrogen-bond acceptors (Lipinski definition) is 3. The van der Waals surface area contributed by atoms with Crippen molar-refractivity contribution in [2.24, 2.45) is 5.92 Å². The Kier molecular flexibility index (Phi) is 3.91. The van der Waals surface area contributed by atoms with E-state index in [1.54, 1.807) is 20.8 Å². The van der Waals surface area contributed by atoms with Crippen molar-refractivity contribution in [3.05, 3.63) is 0 Å². The summed E-state index contributed by atoms with van der Waals surface area (Å²) in [7, 11) is 0. The molecule has 1 fully saturated rings. The average Bonchev–Trinajstić information content (AvgIpc) is 2.92. The number of hydrogen-bond donors (Lipinski definition) is 1. The van der Waals surface area contributed by atoms with E-state index in [-0.39, 0.29) is 0 Å². The predicted molar refractivity (Wildman–Crippen MR) is 57.5 cm³/mol. The van der Waals surface area contributed by atoms with Crippen LogP contribution in [-0.2, 0) is 14.4 Å². The second-order valence-electron chi connectivity index (χ2n) is 5.20. The van der Waals surface area contributed by atoms with Crippen LogP contribution in [-0.4, -0.2) is 34.2 Å². The Labute approximate surface area is 95.3 Å². The highest BCUT2D eigenvalue weighted by atomic mass is 16.7. The predicted octanol–water partition coefficient (Wildman–Crippen LogP) is 1.43. The number of carbonyl (C=O) groups excluding carboxylic acids is 1. The van der Waals surface area contributed by atoms with Gasteiger partial charge in [0.15, 0.2) is 6.04 Å². The summed E-state index contributed by atoms with van der Waals surface area (Å²) in [6.45, 7) is 5.33. The standard InChI is InChI=1S/C11H19NO4/c1-11(2,3)16-12(7-13)9(10(14)15)6-8-4-5-8/h7-9H,4-6H2,1-3H3,(H,14,15)/t9-/m0/s1. The van der Waals surface area contributed by atoms with Crippen molar-refractivity contribution in [1.82, 2.24) is 5.06 Å². The van der Waals surface area contributed by atoms with Crippen LogP contribution in [0.3, 0.4) is 0 Å². The summed E-state index contributed by atoms with van der Waals surface area (Å²) in [4.78, 5) is 27.3. The summed E-state index contributed by atoms with van der Waals surface area (Å²) in [6, 6.07) is -0.871. The SMILES string of the molecule is CC(C)(C)ON(C=O)[C@@H](CC1CC1)C(=O)O. The summed E-state index contributed by atoms with van der Waals surface area (Å²) >= 11 is 0. The normalized spacial score (nSPS) is 17.9. The molecule has 0 spiro atoms. The van der Waals surface area contributed by atoms with Gasteiger partial charge in [-0.2, -0.15) is 0 Å². The van der Waals surface area contributed by atoms with Gasteiger partial charge in [0, 0.05) is 0 Å². The Morgan fingerprint density at radius 1 is 1.56 bits per heavy atom. The molecule has 0 saturated heterocycles. The molecule has 1 amide bonds. The van der Waals surface area contributed by atoms with Gasteiger partial charge in [0.2, 0.25) is 6.41 Å². The second-order valence-corrected chi connectivity index (χ2v) is 5.20. The van der Waals surface area contributed by atoms with Crippen molar-refractivity contribution in [3.8, 4) is 0 Å². The molecule has 1 saturated carbocycles. The highest BCUT2D eigenvalue weighted by molar-refractivity contribution is 5.75. The molecule has 1 atom stereocenters. The number of carboxylic acids is 1. The number of aliphatic carboxylic acids is 1. The maximum absolute atomic E-state index is 11.1. The lowest BCUT2D eigenvalue weighted by Crippen LogP contribution is -2.44. The van der Waals surface area contributed by atoms with Crippen LogP contribution in [0.2, 0.25) is 0 Å². The lowest BCUT2D eigenvalue weighted by atomic mass is 10.1. The summed E-state index contributed by atoms with van der Waals surface area (Å²) in [6.07, 6.45) is 3.02. The van der Waals surface area contributed by atoms with Crippen LogP contribution < -0.4 is 0 Å². The first kappa shape index (κ1) is 13.0. The van der Waals surface area contributed by atoms with Crippen LogP contribution in [0.25, 0.3) is 0 Å². The molecule has 0 unspecified atom stereocenters. The fourth-order valence-corrected chi connectivity index (χ4v) is 1.46. The topological polar surface area (TPSA) is 66.8 Å². The molecule has 5 nitrogen and oxygen atoms in total. The van der Waals surface area contributed by atoms with Gasteiger partial charge in [-0.3, -0.25) is 9.63 Å². The van der Waals surface area contributed by atoms with Gasteiger partial charge in [0.25, 0.3) is 0 Å². The van der Waals surface area contributed by atoms with E-state index < -0.39 is 17.6 Å². The first-order valence-corrected chi connectivity index (χ1v) is 5.49. The Balaban J connectivity index is 2.64. The molecule has 92 valence electrons. The quantitative estimate of drug-likeness (QED) is 0.552. The van der Waals surface area contributed by atoms with Crippen molar-refractivity contribution in [3.63, 3.8) is 0 Å². The van der Waals surface area contributed by atoms with Crippen molar-refractivity contribution >= 4 is 12.4 Å². The van der Waals surface area contributed by atoms with Crippen molar-refractivity contribution in [2.45, 2.75) is 51.7 Å². The van der Waals surface area contributed by atoms with Gasteiger partial charge < -0.3 is 5.11 Å². The molecule has 0 bridgehead atoms. The van der Waals surface area contributed by atoms with Crippen LogP contribution in [0.1, 0.15) is 40.0 Å². The fourth-order valence-electron chi connectivity index (χ4n) is 1.46. The molecule has 5 heteroatoms. The molecule has 1 N–H and O–H groups in total. The third kappa shape index (κ3) is 4.18. The van der Waals surface area contributed by atoms with E-state index in [9.17, 15) is 9.59 Å². The van der Waals surface area contributed by atoms with Crippen LogP contribution in [0.4, 0.5) is 0 Å². The summed E-state index contributed by atoms with van der Waals surface area (Å²) in [5, 5.41) is 10.00. The minimum Gasteiger partial charge on any atom is -0.480 e. The third-order valence-electron chi connectivity index (χ3n) is 2.33. The largest absolute Gasteiger partial charge is 0.480 e. The molecular formula is C11H19NO4. The van der Waals surface area contributed by atoms with E-state index in [1.165, 1.54) is 0 Å². The van der Waals surface area contributed by atoms with E-state index in [0.717, 1.165) is 17.9 Å². The first-order valence-electron chi connectivity index (χ1n) is 5.49. The van der Waals surface area contributed by atoms with Crippen LogP contribution in [0, 0.1) is 5.92 Å². The number of carbonyl (C=O) groups is 2. The molecule has 1 aliphatic rings. The molecule has 1 rings (SSSR count). The lowest BCUT2D eigenvalue weighted by molar-refractivity contribution is -0.235. The van der Waals surface area contributed by atoms with E-state index in [2.05, 4.69) is 0 Å². The second kappa shape index (κ2) is 4.82. The lowest BCUT2D eigenvalue weighted by Gasteiger charge is -2.30. The molecule has 0 aromatic carbocycles. The van der Waals surface area contributed by atoms with E-state index >= 15 is 0 Å². The number of carboxylic acid groups (broad SMARTS) is 1. The van der Waals surface area contributed by atoms with E-state index in [4.69, 9.17) is 9.94 Å². The van der Waals surface area contributed by atoms with E-state index in [1.807, 2.05) is 0 Å². The number of nitrogens with zero attached hydrogens (tertiary/aromatic N) is 1. The number of amides is 1. The van der Waals surface area contributed by atoms with Crippen LogP contribution >= 0.6 is 0 Å². The molecule has 0 radical (unpaired) electrons. The summed E-state index contributed by atoms with van der Waals surface area (Å²) in [5.74, 6) is -0.588. The zero-order valence-corrected chi connectivity index (χ0v) is 9.97. The zero-order chi connectivity index (χ0) is 12.3.